The van der Waals surface area contributed by atoms with Gasteiger partial charge in [-0.2, -0.15) is 0 Å². The Bertz CT molecular complexity index is 504. The zero-order valence-electron chi connectivity index (χ0n) is 10.6. The molecule has 1 aromatic rings. The first-order valence-electron chi connectivity index (χ1n) is 5.45. The molecule has 0 atom stereocenters. The normalized spacial score (nSPS) is 10.4. The standard InChI is InChI=1S/C14H15ClO3/c1-14(2,3)7-4-8-18-10-5-6-12(15)11(9-10)13(16)17/h5-6,9H,8H2,1-3H3,(H,16,17). The molecule has 0 spiro atoms. The van der Waals surface area contributed by atoms with Crippen LogP contribution in [0.5, 0.6) is 5.75 Å². The lowest BCUT2D eigenvalue weighted by Crippen LogP contribution is -2.02. The van der Waals surface area contributed by atoms with E-state index in [1.54, 1.807) is 6.07 Å². The molecule has 96 valence electrons. The second kappa shape index (κ2) is 5.79. The largest absolute Gasteiger partial charge is 0.481 e. The number of halogens is 1. The summed E-state index contributed by atoms with van der Waals surface area (Å²) in [6, 6.07) is 4.51. The smallest absolute Gasteiger partial charge is 0.337 e. The summed E-state index contributed by atoms with van der Waals surface area (Å²) in [7, 11) is 0. The van der Waals surface area contributed by atoms with Crippen LogP contribution in [0.15, 0.2) is 18.2 Å². The summed E-state index contributed by atoms with van der Waals surface area (Å²) < 4.78 is 5.35. The first-order chi connectivity index (χ1) is 8.29. The Labute approximate surface area is 112 Å². The second-order valence-electron chi connectivity index (χ2n) is 4.79. The number of benzene rings is 1. The van der Waals surface area contributed by atoms with Crippen molar-refractivity contribution in [2.75, 3.05) is 6.61 Å². The molecule has 4 heteroatoms. The lowest BCUT2D eigenvalue weighted by atomic mass is 9.98. The maximum absolute atomic E-state index is 10.9. The minimum Gasteiger partial charge on any atom is -0.481 e. The second-order valence-corrected chi connectivity index (χ2v) is 5.19. The number of hydrogen-bond acceptors (Lipinski definition) is 2. The number of rotatable bonds is 3. The van der Waals surface area contributed by atoms with Gasteiger partial charge in [-0.25, -0.2) is 4.79 Å². The first-order valence-corrected chi connectivity index (χ1v) is 5.83. The molecule has 0 aliphatic heterocycles. The molecule has 0 unspecified atom stereocenters. The number of hydrogen-bond donors (Lipinski definition) is 1. The molecule has 0 bridgehead atoms. The van der Waals surface area contributed by atoms with Crippen molar-refractivity contribution < 1.29 is 14.6 Å². The van der Waals surface area contributed by atoms with E-state index in [0.717, 1.165) is 0 Å². The summed E-state index contributed by atoms with van der Waals surface area (Å²) in [6.07, 6.45) is 0. The van der Waals surface area contributed by atoms with E-state index in [1.165, 1.54) is 12.1 Å². The molecular formula is C14H15ClO3. The van der Waals surface area contributed by atoms with Gasteiger partial charge in [-0.15, -0.1) is 0 Å². The Morgan fingerprint density at radius 2 is 2.11 bits per heavy atom. The molecular weight excluding hydrogens is 252 g/mol. The van der Waals surface area contributed by atoms with Crippen LogP contribution in [0.2, 0.25) is 5.02 Å². The third-order valence-electron chi connectivity index (χ3n) is 1.94. The SMILES string of the molecule is CC(C)(C)C#CCOc1ccc(Cl)c(C(=O)O)c1. The molecule has 3 nitrogen and oxygen atoms in total. The maximum Gasteiger partial charge on any atom is 0.337 e. The van der Waals surface area contributed by atoms with Crippen LogP contribution in [-0.4, -0.2) is 17.7 Å². The molecule has 0 saturated heterocycles. The minimum atomic E-state index is -1.08. The Morgan fingerprint density at radius 3 is 2.67 bits per heavy atom. The van der Waals surface area contributed by atoms with Crippen molar-refractivity contribution >= 4 is 17.6 Å². The van der Waals surface area contributed by atoms with Gasteiger partial charge in [0, 0.05) is 5.41 Å². The van der Waals surface area contributed by atoms with E-state index in [-0.39, 0.29) is 22.6 Å². The predicted molar refractivity (Wildman–Crippen MR) is 71.1 cm³/mol. The maximum atomic E-state index is 10.9. The van der Waals surface area contributed by atoms with Crippen molar-refractivity contribution in [3.8, 4) is 17.6 Å². The molecule has 0 amide bonds. The average molecular weight is 267 g/mol. The van der Waals surface area contributed by atoms with Gasteiger partial charge in [0.25, 0.3) is 0 Å². The van der Waals surface area contributed by atoms with E-state index in [4.69, 9.17) is 21.4 Å². The summed E-state index contributed by atoms with van der Waals surface area (Å²) in [4.78, 5) is 10.9. The molecule has 1 aromatic carbocycles. The Balaban J connectivity index is 2.71. The highest BCUT2D eigenvalue weighted by Gasteiger charge is 2.09. The van der Waals surface area contributed by atoms with E-state index < -0.39 is 5.97 Å². The van der Waals surface area contributed by atoms with Gasteiger partial charge in [-0.05, 0) is 39.0 Å². The van der Waals surface area contributed by atoms with Gasteiger partial charge in [-0.1, -0.05) is 23.4 Å². The van der Waals surface area contributed by atoms with Gasteiger partial charge in [0.1, 0.15) is 12.4 Å². The molecule has 0 aromatic heterocycles. The molecule has 0 radical (unpaired) electrons. The lowest BCUT2D eigenvalue weighted by molar-refractivity contribution is 0.0696. The van der Waals surface area contributed by atoms with Crippen LogP contribution >= 0.6 is 11.6 Å². The van der Waals surface area contributed by atoms with Gasteiger partial charge >= 0.3 is 5.97 Å². The van der Waals surface area contributed by atoms with Crippen LogP contribution in [0.25, 0.3) is 0 Å². The summed E-state index contributed by atoms with van der Waals surface area (Å²) in [5.41, 5.74) is -0.0480. The zero-order valence-corrected chi connectivity index (χ0v) is 11.3. The number of ether oxygens (including phenoxy) is 1. The third kappa shape index (κ3) is 4.68. The lowest BCUT2D eigenvalue weighted by Gasteiger charge is -2.07. The number of carbonyl (C=O) groups is 1. The van der Waals surface area contributed by atoms with Crippen LogP contribution in [0, 0.1) is 17.3 Å². The molecule has 0 fully saturated rings. The monoisotopic (exact) mass is 266 g/mol. The average Bonchev–Trinajstić information content (AvgIpc) is 2.24. The van der Waals surface area contributed by atoms with E-state index in [1.807, 2.05) is 20.8 Å². The summed E-state index contributed by atoms with van der Waals surface area (Å²) in [6.45, 7) is 6.23. The quantitative estimate of drug-likeness (QED) is 0.852. The van der Waals surface area contributed by atoms with Crippen molar-refractivity contribution in [3.63, 3.8) is 0 Å². The molecule has 0 heterocycles. The van der Waals surface area contributed by atoms with E-state index in [0.29, 0.717) is 5.75 Å². The van der Waals surface area contributed by atoms with Gasteiger partial charge < -0.3 is 9.84 Å². The van der Waals surface area contributed by atoms with Crippen molar-refractivity contribution in [1.82, 2.24) is 0 Å². The molecule has 18 heavy (non-hydrogen) atoms. The minimum absolute atomic E-state index is 0.0259. The first kappa shape index (κ1) is 14.4. The summed E-state index contributed by atoms with van der Waals surface area (Å²) >= 11 is 5.75. The molecule has 1 rings (SSSR count). The van der Waals surface area contributed by atoms with Crippen molar-refractivity contribution in [2.45, 2.75) is 20.8 Å². The zero-order chi connectivity index (χ0) is 13.8. The van der Waals surface area contributed by atoms with Crippen LogP contribution in [-0.2, 0) is 0 Å². The highest BCUT2D eigenvalue weighted by atomic mass is 35.5. The fraction of sp³-hybridized carbons (Fsp3) is 0.357. The summed E-state index contributed by atoms with van der Waals surface area (Å²) in [5.74, 6) is 5.27. The van der Waals surface area contributed by atoms with Crippen molar-refractivity contribution in [2.24, 2.45) is 5.41 Å². The van der Waals surface area contributed by atoms with E-state index in [2.05, 4.69) is 11.8 Å². The molecule has 0 aliphatic carbocycles. The van der Waals surface area contributed by atoms with E-state index in [9.17, 15) is 4.79 Å². The Hall–Kier alpha value is -1.66. The molecule has 1 N–H and O–H groups in total. The van der Waals surface area contributed by atoms with Crippen molar-refractivity contribution in [3.05, 3.63) is 28.8 Å². The third-order valence-corrected chi connectivity index (χ3v) is 2.27. The number of carboxylic acid groups (broad SMARTS) is 1. The van der Waals surface area contributed by atoms with E-state index >= 15 is 0 Å². The highest BCUT2D eigenvalue weighted by molar-refractivity contribution is 6.33. The Morgan fingerprint density at radius 1 is 1.44 bits per heavy atom. The van der Waals surface area contributed by atoms with Gasteiger partial charge in [0.15, 0.2) is 0 Å². The van der Waals surface area contributed by atoms with Gasteiger partial charge in [0.05, 0.1) is 10.6 Å². The topological polar surface area (TPSA) is 46.5 Å². The molecule has 0 aliphatic rings. The van der Waals surface area contributed by atoms with Crippen LogP contribution in [0.3, 0.4) is 0 Å². The Kier molecular flexibility index (Phi) is 4.63. The van der Waals surface area contributed by atoms with Gasteiger partial charge in [-0.3, -0.25) is 0 Å². The summed E-state index contributed by atoms with van der Waals surface area (Å²) in [5, 5.41) is 9.09. The van der Waals surface area contributed by atoms with Crippen LogP contribution in [0.1, 0.15) is 31.1 Å². The fourth-order valence-corrected chi connectivity index (χ4v) is 1.38. The highest BCUT2D eigenvalue weighted by Crippen LogP contribution is 2.22. The molecule has 0 saturated carbocycles. The van der Waals surface area contributed by atoms with Crippen molar-refractivity contribution in [1.29, 1.82) is 0 Å². The van der Waals surface area contributed by atoms with Crippen LogP contribution in [0.4, 0.5) is 0 Å². The van der Waals surface area contributed by atoms with Crippen LogP contribution < -0.4 is 4.74 Å². The van der Waals surface area contributed by atoms with Gasteiger partial charge in [0.2, 0.25) is 0 Å². The predicted octanol–water partition coefficient (Wildman–Crippen LogP) is 3.47. The number of carboxylic acids is 1. The number of aromatic carboxylic acids is 1. The fourth-order valence-electron chi connectivity index (χ4n) is 1.18.